The van der Waals surface area contributed by atoms with Crippen molar-refractivity contribution in [2.75, 3.05) is 0 Å². The van der Waals surface area contributed by atoms with E-state index >= 15 is 0 Å². The summed E-state index contributed by atoms with van der Waals surface area (Å²) in [5.41, 5.74) is 9.16. The Kier molecular flexibility index (Phi) is 3.22. The molecular weight excluding hydrogens is 200 g/mol. The highest BCUT2D eigenvalue weighted by molar-refractivity contribution is 5.31. The maximum absolute atomic E-state index is 6.16. The lowest BCUT2D eigenvalue weighted by molar-refractivity contribution is 0.799. The van der Waals surface area contributed by atoms with Gasteiger partial charge in [0.1, 0.15) is 0 Å². The number of hydrogen-bond acceptors (Lipinski definition) is 4. The number of aryl methyl sites for hydroxylation is 1. The second-order valence-electron chi connectivity index (χ2n) is 3.54. The van der Waals surface area contributed by atoms with Crippen LogP contribution < -0.4 is 5.73 Å². The van der Waals surface area contributed by atoms with Gasteiger partial charge < -0.3 is 5.73 Å². The zero-order valence-electron chi connectivity index (χ0n) is 9.17. The second-order valence-corrected chi connectivity index (χ2v) is 3.54. The maximum Gasteiger partial charge on any atom is 0.0799 e. The summed E-state index contributed by atoms with van der Waals surface area (Å²) in [6, 6.07) is 1.71. The monoisotopic (exact) mass is 214 g/mol. The van der Waals surface area contributed by atoms with Crippen LogP contribution in [0, 0.1) is 0 Å². The summed E-state index contributed by atoms with van der Waals surface area (Å²) in [6.45, 7) is 2.09. The molecule has 0 bridgehead atoms. The lowest BCUT2D eigenvalue weighted by Crippen LogP contribution is -2.15. The van der Waals surface area contributed by atoms with Crippen LogP contribution in [0.15, 0.2) is 37.1 Å². The van der Waals surface area contributed by atoms with Crippen molar-refractivity contribution < 1.29 is 0 Å². The molecule has 16 heavy (non-hydrogen) atoms. The van der Waals surface area contributed by atoms with Gasteiger partial charge in [-0.05, 0) is 23.6 Å². The van der Waals surface area contributed by atoms with Crippen molar-refractivity contribution >= 4 is 0 Å². The molecule has 4 nitrogen and oxygen atoms in total. The molecule has 0 aliphatic heterocycles. The third kappa shape index (κ3) is 2.06. The molecule has 0 aliphatic carbocycles. The SMILES string of the molecule is CCc1cnccc1C(N)c1cnccn1. The molecule has 4 heteroatoms. The third-order valence-electron chi connectivity index (χ3n) is 2.56. The van der Waals surface area contributed by atoms with E-state index in [0.717, 1.165) is 23.2 Å². The minimum Gasteiger partial charge on any atom is -0.319 e. The summed E-state index contributed by atoms with van der Waals surface area (Å²) in [5.74, 6) is 0. The van der Waals surface area contributed by atoms with Crippen molar-refractivity contribution in [3.05, 3.63) is 53.9 Å². The molecule has 2 aromatic rings. The summed E-state index contributed by atoms with van der Waals surface area (Å²) >= 11 is 0. The van der Waals surface area contributed by atoms with Crippen molar-refractivity contribution in [3.63, 3.8) is 0 Å². The summed E-state index contributed by atoms with van der Waals surface area (Å²) < 4.78 is 0. The van der Waals surface area contributed by atoms with Gasteiger partial charge >= 0.3 is 0 Å². The van der Waals surface area contributed by atoms with Gasteiger partial charge in [-0.2, -0.15) is 0 Å². The molecule has 1 unspecified atom stereocenters. The normalized spacial score (nSPS) is 12.4. The van der Waals surface area contributed by atoms with Crippen LogP contribution >= 0.6 is 0 Å². The Labute approximate surface area is 94.6 Å². The molecule has 0 fully saturated rings. The Morgan fingerprint density at radius 2 is 2.00 bits per heavy atom. The number of rotatable bonds is 3. The average Bonchev–Trinajstić information content (AvgIpc) is 2.39. The Bertz CT molecular complexity index is 456. The summed E-state index contributed by atoms with van der Waals surface area (Å²) in [6.07, 6.45) is 9.52. The average molecular weight is 214 g/mol. The predicted octanol–water partition coefficient (Wildman–Crippen LogP) is 1.48. The molecule has 0 spiro atoms. The van der Waals surface area contributed by atoms with Gasteiger partial charge in [-0.3, -0.25) is 15.0 Å². The van der Waals surface area contributed by atoms with E-state index < -0.39 is 0 Å². The zero-order valence-corrected chi connectivity index (χ0v) is 9.17. The number of hydrogen-bond donors (Lipinski definition) is 1. The van der Waals surface area contributed by atoms with E-state index in [0.29, 0.717) is 0 Å². The van der Waals surface area contributed by atoms with E-state index in [2.05, 4.69) is 21.9 Å². The molecular formula is C12H14N4. The Balaban J connectivity index is 2.37. The largest absolute Gasteiger partial charge is 0.319 e. The third-order valence-corrected chi connectivity index (χ3v) is 2.56. The minimum absolute atomic E-state index is 0.230. The standard InChI is InChI=1S/C12H14N4/c1-2-9-7-14-4-3-10(9)12(13)11-8-15-5-6-16-11/h3-8,12H,2,13H2,1H3. The highest BCUT2D eigenvalue weighted by atomic mass is 14.8. The first kappa shape index (κ1) is 10.7. The van der Waals surface area contributed by atoms with Crippen molar-refractivity contribution in [1.82, 2.24) is 15.0 Å². The first-order valence-corrected chi connectivity index (χ1v) is 5.27. The molecule has 2 N–H and O–H groups in total. The van der Waals surface area contributed by atoms with Crippen LogP contribution in [-0.2, 0) is 6.42 Å². The molecule has 0 saturated heterocycles. The highest BCUT2D eigenvalue weighted by Crippen LogP contribution is 2.20. The number of pyridine rings is 1. The first-order chi connectivity index (χ1) is 7.83. The quantitative estimate of drug-likeness (QED) is 0.840. The molecule has 2 rings (SSSR count). The van der Waals surface area contributed by atoms with E-state index in [1.54, 1.807) is 24.8 Å². The highest BCUT2D eigenvalue weighted by Gasteiger charge is 2.13. The molecule has 0 aromatic carbocycles. The van der Waals surface area contributed by atoms with Crippen LogP contribution in [0.4, 0.5) is 0 Å². The topological polar surface area (TPSA) is 64.7 Å². The molecule has 0 saturated carbocycles. The second kappa shape index (κ2) is 4.81. The fraction of sp³-hybridized carbons (Fsp3) is 0.250. The number of nitrogens with zero attached hydrogens (tertiary/aromatic N) is 3. The smallest absolute Gasteiger partial charge is 0.0799 e. The van der Waals surface area contributed by atoms with Crippen molar-refractivity contribution in [3.8, 4) is 0 Å². The molecule has 2 heterocycles. The lowest BCUT2D eigenvalue weighted by atomic mass is 9.99. The number of nitrogens with two attached hydrogens (primary N) is 1. The number of aromatic nitrogens is 3. The van der Waals surface area contributed by atoms with Gasteiger partial charge in [0.25, 0.3) is 0 Å². The molecule has 82 valence electrons. The predicted molar refractivity (Wildman–Crippen MR) is 61.7 cm³/mol. The van der Waals surface area contributed by atoms with Gasteiger partial charge in [-0.25, -0.2) is 0 Å². The van der Waals surface area contributed by atoms with Gasteiger partial charge in [-0.15, -0.1) is 0 Å². The van der Waals surface area contributed by atoms with Crippen LogP contribution in [0.1, 0.15) is 29.8 Å². The Morgan fingerprint density at radius 3 is 2.69 bits per heavy atom. The van der Waals surface area contributed by atoms with Gasteiger partial charge in [0.05, 0.1) is 17.9 Å². The molecule has 0 radical (unpaired) electrons. The molecule has 2 aromatic heterocycles. The molecule has 0 amide bonds. The summed E-state index contributed by atoms with van der Waals surface area (Å²) in [4.78, 5) is 12.4. The first-order valence-electron chi connectivity index (χ1n) is 5.27. The fourth-order valence-corrected chi connectivity index (χ4v) is 1.67. The van der Waals surface area contributed by atoms with Crippen molar-refractivity contribution in [2.24, 2.45) is 5.73 Å². The van der Waals surface area contributed by atoms with E-state index in [1.807, 2.05) is 12.3 Å². The molecule has 1 atom stereocenters. The van der Waals surface area contributed by atoms with Gasteiger partial charge in [0.2, 0.25) is 0 Å². The molecule has 0 aliphatic rings. The van der Waals surface area contributed by atoms with Crippen LogP contribution in [-0.4, -0.2) is 15.0 Å². The Morgan fingerprint density at radius 1 is 1.19 bits per heavy atom. The van der Waals surface area contributed by atoms with Crippen LogP contribution in [0.25, 0.3) is 0 Å². The Hall–Kier alpha value is -1.81. The van der Waals surface area contributed by atoms with Crippen LogP contribution in [0.2, 0.25) is 0 Å². The minimum atomic E-state index is -0.230. The van der Waals surface area contributed by atoms with E-state index in [-0.39, 0.29) is 6.04 Å². The van der Waals surface area contributed by atoms with E-state index in [1.165, 1.54) is 0 Å². The van der Waals surface area contributed by atoms with Crippen LogP contribution in [0.5, 0.6) is 0 Å². The zero-order chi connectivity index (χ0) is 11.4. The van der Waals surface area contributed by atoms with Gasteiger partial charge in [0, 0.05) is 24.8 Å². The summed E-state index contributed by atoms with van der Waals surface area (Å²) in [7, 11) is 0. The van der Waals surface area contributed by atoms with E-state index in [9.17, 15) is 0 Å². The van der Waals surface area contributed by atoms with E-state index in [4.69, 9.17) is 5.73 Å². The lowest BCUT2D eigenvalue weighted by Gasteiger charge is -2.14. The summed E-state index contributed by atoms with van der Waals surface area (Å²) in [5, 5.41) is 0. The van der Waals surface area contributed by atoms with Crippen LogP contribution in [0.3, 0.4) is 0 Å². The van der Waals surface area contributed by atoms with Crippen molar-refractivity contribution in [2.45, 2.75) is 19.4 Å². The fourth-order valence-electron chi connectivity index (χ4n) is 1.67. The maximum atomic E-state index is 6.16. The van der Waals surface area contributed by atoms with Gasteiger partial charge in [-0.1, -0.05) is 6.92 Å². The van der Waals surface area contributed by atoms with Crippen molar-refractivity contribution in [1.29, 1.82) is 0 Å². The van der Waals surface area contributed by atoms with Gasteiger partial charge in [0.15, 0.2) is 0 Å².